The predicted molar refractivity (Wildman–Crippen MR) is 96.5 cm³/mol. The van der Waals surface area contributed by atoms with Gasteiger partial charge < -0.3 is 14.6 Å². The molecular weight excluding hydrogens is 438 g/mol. The minimum Gasteiger partial charge on any atom is -0.495 e. The van der Waals surface area contributed by atoms with Crippen LogP contribution in [0.2, 0.25) is 5.02 Å². The number of ether oxygens (including phenoxy) is 2. The van der Waals surface area contributed by atoms with Crippen LogP contribution in [0.5, 0.6) is 11.5 Å². The molecule has 0 fully saturated rings. The lowest BCUT2D eigenvalue weighted by molar-refractivity contribution is 0.0695. The molecule has 2 aromatic rings. The minimum atomic E-state index is -4.07. The standard InChI is InChI=1S/C15H13BrClNO6S/c1-23-13-7-12(14(24-2)6-11(13)17)18-25(21,22)8-3-4-10(16)9(5-8)15(19)20/h3-7,18H,1-2H3,(H,19,20). The van der Waals surface area contributed by atoms with Crippen molar-refractivity contribution in [3.05, 3.63) is 45.4 Å². The molecule has 7 nitrogen and oxygen atoms in total. The molecule has 0 aliphatic heterocycles. The zero-order valence-corrected chi connectivity index (χ0v) is 16.2. The van der Waals surface area contributed by atoms with Gasteiger partial charge in [0.15, 0.2) is 0 Å². The third-order valence-electron chi connectivity index (χ3n) is 3.20. The van der Waals surface area contributed by atoms with Crippen molar-refractivity contribution in [3.63, 3.8) is 0 Å². The maximum Gasteiger partial charge on any atom is 0.336 e. The van der Waals surface area contributed by atoms with Crippen LogP contribution < -0.4 is 14.2 Å². The number of hydrogen-bond acceptors (Lipinski definition) is 5. The van der Waals surface area contributed by atoms with Gasteiger partial charge in [-0.3, -0.25) is 4.72 Å². The second kappa shape index (κ2) is 7.51. The summed E-state index contributed by atoms with van der Waals surface area (Å²) in [6.07, 6.45) is 0. The largest absolute Gasteiger partial charge is 0.495 e. The van der Waals surface area contributed by atoms with Crippen LogP contribution in [0.15, 0.2) is 39.7 Å². The van der Waals surface area contributed by atoms with Gasteiger partial charge in [-0.25, -0.2) is 13.2 Å². The molecule has 0 aromatic heterocycles. The number of carbonyl (C=O) groups is 1. The first-order valence-electron chi connectivity index (χ1n) is 6.66. The van der Waals surface area contributed by atoms with Gasteiger partial charge in [0, 0.05) is 16.6 Å². The summed E-state index contributed by atoms with van der Waals surface area (Å²) >= 11 is 9.06. The van der Waals surface area contributed by atoms with Crippen molar-refractivity contribution in [2.75, 3.05) is 18.9 Å². The van der Waals surface area contributed by atoms with E-state index in [0.29, 0.717) is 0 Å². The number of halogens is 2. The van der Waals surface area contributed by atoms with E-state index < -0.39 is 16.0 Å². The quantitative estimate of drug-likeness (QED) is 0.697. The summed E-state index contributed by atoms with van der Waals surface area (Å²) in [5.74, 6) is -0.818. The van der Waals surface area contributed by atoms with Crippen LogP contribution >= 0.6 is 27.5 Å². The third kappa shape index (κ3) is 4.17. The summed E-state index contributed by atoms with van der Waals surface area (Å²) < 4.78 is 38.0. The summed E-state index contributed by atoms with van der Waals surface area (Å²) in [6.45, 7) is 0. The molecule has 0 saturated carbocycles. The first kappa shape index (κ1) is 19.4. The van der Waals surface area contributed by atoms with Gasteiger partial charge in [0.05, 0.1) is 35.4 Å². The van der Waals surface area contributed by atoms with Crippen molar-refractivity contribution in [1.29, 1.82) is 0 Å². The molecule has 0 aliphatic rings. The number of benzene rings is 2. The van der Waals surface area contributed by atoms with Crippen molar-refractivity contribution >= 4 is 49.2 Å². The molecule has 0 radical (unpaired) electrons. The summed E-state index contributed by atoms with van der Waals surface area (Å²) in [5.41, 5.74) is -0.0768. The Kier molecular flexibility index (Phi) is 5.81. The van der Waals surface area contributed by atoms with Crippen molar-refractivity contribution in [1.82, 2.24) is 0 Å². The lowest BCUT2D eigenvalue weighted by Gasteiger charge is -2.14. The summed E-state index contributed by atoms with van der Waals surface area (Å²) in [6, 6.07) is 6.45. The summed E-state index contributed by atoms with van der Waals surface area (Å²) in [7, 11) is -1.32. The normalized spacial score (nSPS) is 11.0. The predicted octanol–water partition coefficient (Wildman–Crippen LogP) is 3.62. The van der Waals surface area contributed by atoms with Gasteiger partial charge in [-0.05, 0) is 34.1 Å². The molecule has 0 atom stereocenters. The second-order valence-electron chi connectivity index (χ2n) is 4.74. The Morgan fingerprint density at radius 2 is 1.80 bits per heavy atom. The molecule has 2 N–H and O–H groups in total. The van der Waals surface area contributed by atoms with Gasteiger partial charge in [-0.15, -0.1) is 0 Å². The molecule has 2 rings (SSSR count). The topological polar surface area (TPSA) is 102 Å². The van der Waals surface area contributed by atoms with Crippen molar-refractivity contribution in [2.45, 2.75) is 4.90 Å². The molecule has 25 heavy (non-hydrogen) atoms. The first-order valence-corrected chi connectivity index (χ1v) is 9.32. The van der Waals surface area contributed by atoms with E-state index in [-0.39, 0.29) is 37.1 Å². The highest BCUT2D eigenvalue weighted by Gasteiger charge is 2.21. The van der Waals surface area contributed by atoms with E-state index in [9.17, 15) is 13.2 Å². The molecule has 0 unspecified atom stereocenters. The number of carboxylic acids is 1. The van der Waals surface area contributed by atoms with E-state index in [1.165, 1.54) is 38.5 Å². The molecule has 0 aliphatic carbocycles. The Morgan fingerprint density at radius 1 is 1.16 bits per heavy atom. The summed E-state index contributed by atoms with van der Waals surface area (Å²) in [4.78, 5) is 11.0. The van der Waals surface area contributed by atoms with Crippen LogP contribution in [0, 0.1) is 0 Å². The fraction of sp³-hybridized carbons (Fsp3) is 0.133. The zero-order valence-electron chi connectivity index (χ0n) is 13.0. The van der Waals surface area contributed by atoms with Gasteiger partial charge in [0.1, 0.15) is 11.5 Å². The van der Waals surface area contributed by atoms with Crippen LogP contribution in [0.25, 0.3) is 0 Å². The average molecular weight is 451 g/mol. The highest BCUT2D eigenvalue weighted by molar-refractivity contribution is 9.10. The zero-order chi connectivity index (χ0) is 18.8. The van der Waals surface area contributed by atoms with Crippen molar-refractivity contribution in [2.24, 2.45) is 0 Å². The Hall–Kier alpha value is -1.97. The number of nitrogens with one attached hydrogen (secondary N) is 1. The van der Waals surface area contributed by atoms with Gasteiger partial charge in [-0.2, -0.15) is 0 Å². The number of anilines is 1. The van der Waals surface area contributed by atoms with E-state index in [0.717, 1.165) is 6.07 Å². The number of sulfonamides is 1. The minimum absolute atomic E-state index is 0.101. The maximum atomic E-state index is 12.6. The Morgan fingerprint density at radius 3 is 2.36 bits per heavy atom. The molecule has 134 valence electrons. The second-order valence-corrected chi connectivity index (χ2v) is 7.68. The van der Waals surface area contributed by atoms with Crippen LogP contribution in [-0.2, 0) is 10.0 Å². The number of hydrogen-bond donors (Lipinski definition) is 2. The fourth-order valence-electron chi connectivity index (χ4n) is 1.98. The Bertz CT molecular complexity index is 932. The molecule has 0 spiro atoms. The van der Waals surface area contributed by atoms with Crippen molar-refractivity contribution < 1.29 is 27.8 Å². The summed E-state index contributed by atoms with van der Waals surface area (Å²) in [5, 5.41) is 9.38. The SMILES string of the molecule is COc1cc(NS(=O)(=O)c2ccc(Br)c(C(=O)O)c2)c(OC)cc1Cl. The van der Waals surface area contributed by atoms with Crippen LogP contribution in [0.4, 0.5) is 5.69 Å². The molecule has 0 bridgehead atoms. The van der Waals surface area contributed by atoms with E-state index in [1.54, 1.807) is 0 Å². The molecule has 0 saturated heterocycles. The van der Waals surface area contributed by atoms with Crippen LogP contribution in [-0.4, -0.2) is 33.7 Å². The number of aromatic carboxylic acids is 1. The highest BCUT2D eigenvalue weighted by atomic mass is 79.9. The lowest BCUT2D eigenvalue weighted by Crippen LogP contribution is -2.14. The lowest BCUT2D eigenvalue weighted by atomic mass is 10.2. The first-order chi connectivity index (χ1) is 11.7. The van der Waals surface area contributed by atoms with Gasteiger partial charge >= 0.3 is 5.97 Å². The molecule has 0 amide bonds. The van der Waals surface area contributed by atoms with Gasteiger partial charge in [0.2, 0.25) is 0 Å². The van der Waals surface area contributed by atoms with Crippen LogP contribution in [0.3, 0.4) is 0 Å². The Labute approximate surface area is 157 Å². The monoisotopic (exact) mass is 449 g/mol. The smallest absolute Gasteiger partial charge is 0.336 e. The van der Waals surface area contributed by atoms with Crippen LogP contribution in [0.1, 0.15) is 10.4 Å². The molecule has 0 heterocycles. The average Bonchev–Trinajstić information content (AvgIpc) is 2.55. The fourth-order valence-corrected chi connectivity index (χ4v) is 3.71. The molecule has 10 heteroatoms. The number of methoxy groups -OCH3 is 2. The van der Waals surface area contributed by atoms with E-state index in [4.69, 9.17) is 26.2 Å². The number of carboxylic acid groups (broad SMARTS) is 1. The highest BCUT2D eigenvalue weighted by Crippen LogP contribution is 2.37. The van der Waals surface area contributed by atoms with E-state index in [1.807, 2.05) is 0 Å². The molecule has 2 aromatic carbocycles. The van der Waals surface area contributed by atoms with E-state index >= 15 is 0 Å². The van der Waals surface area contributed by atoms with Gasteiger partial charge in [-0.1, -0.05) is 11.6 Å². The molecular formula is C15H13BrClNO6S. The Balaban J connectivity index is 2.49. The van der Waals surface area contributed by atoms with Crippen molar-refractivity contribution in [3.8, 4) is 11.5 Å². The maximum absolute atomic E-state index is 12.6. The third-order valence-corrected chi connectivity index (χ3v) is 5.55. The van der Waals surface area contributed by atoms with E-state index in [2.05, 4.69) is 20.7 Å². The van der Waals surface area contributed by atoms with Gasteiger partial charge in [0.25, 0.3) is 10.0 Å². The number of rotatable bonds is 6.